The average molecular weight is 261 g/mol. The highest BCUT2D eigenvalue weighted by molar-refractivity contribution is 5.24. The van der Waals surface area contributed by atoms with Crippen LogP contribution in [0.15, 0.2) is 24.3 Å². The van der Waals surface area contributed by atoms with E-state index in [0.29, 0.717) is 23.4 Å². The van der Waals surface area contributed by atoms with Gasteiger partial charge >= 0.3 is 0 Å². The van der Waals surface area contributed by atoms with Crippen LogP contribution in [-0.2, 0) is 0 Å². The van der Waals surface area contributed by atoms with Crippen molar-refractivity contribution >= 4 is 0 Å². The summed E-state index contributed by atoms with van der Waals surface area (Å²) in [6, 6.07) is 8.48. The molecule has 0 bridgehead atoms. The molecule has 2 heteroatoms. The fourth-order valence-corrected chi connectivity index (χ4v) is 3.73. The number of halogens is 1. The zero-order valence-electron chi connectivity index (χ0n) is 12.0. The van der Waals surface area contributed by atoms with Crippen molar-refractivity contribution in [1.29, 1.82) is 0 Å². The Labute approximate surface area is 115 Å². The zero-order valence-corrected chi connectivity index (χ0v) is 12.0. The molecule has 1 unspecified atom stereocenters. The highest BCUT2D eigenvalue weighted by Gasteiger charge is 2.39. The smallest absolute Gasteiger partial charge is 0.126 e. The Morgan fingerprint density at radius 3 is 2.58 bits per heavy atom. The lowest BCUT2D eigenvalue weighted by atomic mass is 9.74. The van der Waals surface area contributed by atoms with Gasteiger partial charge in [0.15, 0.2) is 0 Å². The second-order valence-corrected chi connectivity index (χ2v) is 6.99. The fourth-order valence-electron chi connectivity index (χ4n) is 3.73. The number of nitrogens with one attached hydrogen (secondary N) is 1. The number of benzene rings is 1. The van der Waals surface area contributed by atoms with Gasteiger partial charge in [-0.25, -0.2) is 4.39 Å². The second kappa shape index (κ2) is 4.90. The SMILES string of the molecule is CC1(C)CCCC1NC1CC(c2ccccc2F)C1. The topological polar surface area (TPSA) is 12.0 Å². The van der Waals surface area contributed by atoms with Crippen LogP contribution < -0.4 is 5.32 Å². The van der Waals surface area contributed by atoms with E-state index in [1.54, 1.807) is 12.1 Å². The number of rotatable bonds is 3. The normalized spacial score (nSPS) is 33.1. The standard InChI is InChI=1S/C17H24FN/c1-17(2)9-5-8-16(17)19-13-10-12(11-13)14-6-3-4-7-15(14)18/h3-4,6-7,12-13,16,19H,5,8-11H2,1-2H3. The minimum absolute atomic E-state index is 0.0350. The summed E-state index contributed by atoms with van der Waals surface area (Å²) in [5, 5.41) is 3.80. The lowest BCUT2D eigenvalue weighted by Crippen LogP contribution is -2.49. The molecular formula is C17H24FN. The van der Waals surface area contributed by atoms with Gasteiger partial charge in [0.05, 0.1) is 0 Å². The molecule has 104 valence electrons. The summed E-state index contributed by atoms with van der Waals surface area (Å²) in [7, 11) is 0. The van der Waals surface area contributed by atoms with Gasteiger partial charge in [-0.05, 0) is 48.6 Å². The van der Waals surface area contributed by atoms with Crippen LogP contribution in [0.3, 0.4) is 0 Å². The second-order valence-electron chi connectivity index (χ2n) is 6.99. The van der Waals surface area contributed by atoms with E-state index >= 15 is 0 Å². The molecule has 2 fully saturated rings. The fraction of sp³-hybridized carbons (Fsp3) is 0.647. The Kier molecular flexibility index (Phi) is 3.38. The van der Waals surface area contributed by atoms with Crippen LogP contribution in [-0.4, -0.2) is 12.1 Å². The predicted octanol–water partition coefficient (Wildman–Crippen LogP) is 4.24. The summed E-state index contributed by atoms with van der Waals surface area (Å²) in [5.41, 5.74) is 1.34. The zero-order chi connectivity index (χ0) is 13.5. The Morgan fingerprint density at radius 1 is 1.21 bits per heavy atom. The highest BCUT2D eigenvalue weighted by Crippen LogP contribution is 2.42. The van der Waals surface area contributed by atoms with Crippen LogP contribution in [0, 0.1) is 11.2 Å². The lowest BCUT2D eigenvalue weighted by molar-refractivity contribution is 0.201. The summed E-state index contributed by atoms with van der Waals surface area (Å²) in [6.07, 6.45) is 6.15. The molecule has 0 saturated heterocycles. The van der Waals surface area contributed by atoms with E-state index in [2.05, 4.69) is 19.2 Å². The summed E-state index contributed by atoms with van der Waals surface area (Å²) in [6.45, 7) is 4.73. The van der Waals surface area contributed by atoms with Crippen molar-refractivity contribution in [3.8, 4) is 0 Å². The van der Waals surface area contributed by atoms with Crippen LogP contribution in [0.25, 0.3) is 0 Å². The predicted molar refractivity (Wildman–Crippen MR) is 76.7 cm³/mol. The molecule has 0 spiro atoms. The van der Waals surface area contributed by atoms with Gasteiger partial charge < -0.3 is 5.32 Å². The van der Waals surface area contributed by atoms with Crippen molar-refractivity contribution in [1.82, 2.24) is 5.32 Å². The molecule has 1 atom stereocenters. The van der Waals surface area contributed by atoms with E-state index < -0.39 is 0 Å². The van der Waals surface area contributed by atoms with Gasteiger partial charge in [0.25, 0.3) is 0 Å². The van der Waals surface area contributed by atoms with Gasteiger partial charge in [-0.1, -0.05) is 38.5 Å². The van der Waals surface area contributed by atoms with Crippen molar-refractivity contribution in [2.24, 2.45) is 5.41 Å². The van der Waals surface area contributed by atoms with Crippen molar-refractivity contribution in [2.45, 2.75) is 64.0 Å². The maximum atomic E-state index is 13.7. The molecule has 0 amide bonds. The highest BCUT2D eigenvalue weighted by atomic mass is 19.1. The third kappa shape index (κ3) is 2.55. The minimum atomic E-state index is -0.0350. The Morgan fingerprint density at radius 2 is 1.95 bits per heavy atom. The molecule has 0 aliphatic heterocycles. The molecule has 0 radical (unpaired) electrons. The third-order valence-electron chi connectivity index (χ3n) is 5.18. The van der Waals surface area contributed by atoms with Gasteiger partial charge in [0.2, 0.25) is 0 Å². The molecule has 3 rings (SSSR count). The lowest BCUT2D eigenvalue weighted by Gasteiger charge is -2.41. The average Bonchev–Trinajstić information content (AvgIpc) is 2.64. The first-order chi connectivity index (χ1) is 9.06. The summed E-state index contributed by atoms with van der Waals surface area (Å²) in [4.78, 5) is 0. The van der Waals surface area contributed by atoms with Crippen LogP contribution in [0.1, 0.15) is 57.4 Å². The quantitative estimate of drug-likeness (QED) is 0.858. The van der Waals surface area contributed by atoms with Crippen LogP contribution in [0.2, 0.25) is 0 Å². The first kappa shape index (κ1) is 13.1. The largest absolute Gasteiger partial charge is 0.311 e. The third-order valence-corrected chi connectivity index (χ3v) is 5.18. The van der Waals surface area contributed by atoms with E-state index in [1.165, 1.54) is 19.3 Å². The van der Waals surface area contributed by atoms with Gasteiger partial charge in [0.1, 0.15) is 5.82 Å². The molecule has 0 heterocycles. The van der Waals surface area contributed by atoms with Crippen LogP contribution >= 0.6 is 0 Å². The molecule has 2 aliphatic carbocycles. The molecule has 1 aromatic rings. The summed E-state index contributed by atoms with van der Waals surface area (Å²) >= 11 is 0. The first-order valence-electron chi connectivity index (χ1n) is 7.57. The van der Waals surface area contributed by atoms with E-state index in [-0.39, 0.29) is 5.82 Å². The minimum Gasteiger partial charge on any atom is -0.311 e. The van der Waals surface area contributed by atoms with E-state index in [0.717, 1.165) is 18.4 Å². The van der Waals surface area contributed by atoms with Gasteiger partial charge in [-0.15, -0.1) is 0 Å². The molecule has 2 saturated carbocycles. The van der Waals surface area contributed by atoms with Crippen LogP contribution in [0.5, 0.6) is 0 Å². The Balaban J connectivity index is 1.55. The van der Waals surface area contributed by atoms with E-state index in [4.69, 9.17) is 0 Å². The van der Waals surface area contributed by atoms with Crippen LogP contribution in [0.4, 0.5) is 4.39 Å². The van der Waals surface area contributed by atoms with Gasteiger partial charge in [-0.3, -0.25) is 0 Å². The van der Waals surface area contributed by atoms with Crippen molar-refractivity contribution in [3.63, 3.8) is 0 Å². The Bertz CT molecular complexity index is 448. The van der Waals surface area contributed by atoms with Gasteiger partial charge in [0, 0.05) is 12.1 Å². The van der Waals surface area contributed by atoms with Crippen molar-refractivity contribution in [3.05, 3.63) is 35.6 Å². The maximum Gasteiger partial charge on any atom is 0.126 e. The van der Waals surface area contributed by atoms with Crippen molar-refractivity contribution in [2.75, 3.05) is 0 Å². The Hall–Kier alpha value is -0.890. The molecule has 0 aromatic heterocycles. The molecular weight excluding hydrogens is 237 g/mol. The number of hydrogen-bond donors (Lipinski definition) is 1. The molecule has 2 aliphatic rings. The van der Waals surface area contributed by atoms with E-state index in [9.17, 15) is 4.39 Å². The number of hydrogen-bond acceptors (Lipinski definition) is 1. The molecule has 1 nitrogen and oxygen atoms in total. The monoisotopic (exact) mass is 261 g/mol. The van der Waals surface area contributed by atoms with E-state index in [1.807, 2.05) is 12.1 Å². The van der Waals surface area contributed by atoms with Gasteiger partial charge in [-0.2, -0.15) is 0 Å². The maximum absolute atomic E-state index is 13.7. The molecule has 1 aromatic carbocycles. The summed E-state index contributed by atoms with van der Waals surface area (Å²) < 4.78 is 13.7. The van der Waals surface area contributed by atoms with Crippen molar-refractivity contribution < 1.29 is 4.39 Å². The summed E-state index contributed by atoms with van der Waals surface area (Å²) in [5.74, 6) is 0.385. The molecule has 1 N–H and O–H groups in total. The first-order valence-corrected chi connectivity index (χ1v) is 7.57. The molecule has 19 heavy (non-hydrogen) atoms.